The predicted molar refractivity (Wildman–Crippen MR) is 139 cm³/mol. The van der Waals surface area contributed by atoms with Crippen molar-refractivity contribution in [3.8, 4) is 17.0 Å². The van der Waals surface area contributed by atoms with Gasteiger partial charge in [-0.05, 0) is 35.8 Å². The number of hydrogen-bond donors (Lipinski definition) is 2. The van der Waals surface area contributed by atoms with Crippen LogP contribution in [0.1, 0.15) is 15.4 Å². The van der Waals surface area contributed by atoms with Gasteiger partial charge in [0.05, 0.1) is 35.4 Å². The first kappa shape index (κ1) is 25.1. The second-order valence-corrected chi connectivity index (χ2v) is 10.5. The molecule has 0 aromatic carbocycles. The Kier molecular flexibility index (Phi) is 7.37. The molecule has 1 saturated heterocycles. The number of carbonyl (C=O) groups is 2. The molecule has 5 heterocycles. The Balaban J connectivity index is 1.44. The topological polar surface area (TPSA) is 132 Å². The number of nitrogens with zero attached hydrogens (tertiary/aromatic N) is 5. The molecule has 1 fully saturated rings. The third kappa shape index (κ3) is 5.44. The minimum Gasteiger partial charge on any atom is -0.503 e. The van der Waals surface area contributed by atoms with Crippen molar-refractivity contribution >= 4 is 52.1 Å². The van der Waals surface area contributed by atoms with E-state index in [1.807, 2.05) is 6.07 Å². The van der Waals surface area contributed by atoms with E-state index in [9.17, 15) is 19.5 Å². The quantitative estimate of drug-likeness (QED) is 0.353. The van der Waals surface area contributed by atoms with Gasteiger partial charge >= 0.3 is 0 Å². The maximum atomic E-state index is 13.1. The molecule has 0 radical (unpaired) electrons. The Labute approximate surface area is 223 Å². The van der Waals surface area contributed by atoms with E-state index >= 15 is 0 Å². The highest BCUT2D eigenvalue weighted by atomic mass is 35.5. The van der Waals surface area contributed by atoms with Crippen molar-refractivity contribution in [3.63, 3.8) is 0 Å². The molecule has 11 nitrogen and oxygen atoms in total. The molecule has 1 aliphatic rings. The summed E-state index contributed by atoms with van der Waals surface area (Å²) in [7, 11) is 0. The van der Waals surface area contributed by atoms with E-state index in [1.54, 1.807) is 28.5 Å². The first-order valence-electron chi connectivity index (χ1n) is 11.2. The summed E-state index contributed by atoms with van der Waals surface area (Å²) in [6.07, 6.45) is 1.43. The van der Waals surface area contributed by atoms with Crippen molar-refractivity contribution in [3.05, 3.63) is 67.2 Å². The van der Waals surface area contributed by atoms with Gasteiger partial charge in [0.1, 0.15) is 18.1 Å². The average molecular weight is 561 g/mol. The zero-order valence-electron chi connectivity index (χ0n) is 19.3. The zero-order valence-corrected chi connectivity index (χ0v) is 21.7. The van der Waals surface area contributed by atoms with Crippen LogP contribution in [-0.2, 0) is 22.6 Å². The fourth-order valence-corrected chi connectivity index (χ4v) is 5.33. The van der Waals surface area contributed by atoms with Crippen LogP contribution in [0.15, 0.2) is 46.7 Å². The Bertz CT molecular complexity index is 1490. The van der Waals surface area contributed by atoms with E-state index in [0.29, 0.717) is 43.0 Å². The summed E-state index contributed by atoms with van der Waals surface area (Å²) in [6, 6.07) is 8.29. The number of thiophene rings is 1. The van der Waals surface area contributed by atoms with Gasteiger partial charge in [-0.1, -0.05) is 11.6 Å². The van der Waals surface area contributed by atoms with Gasteiger partial charge in [-0.15, -0.1) is 11.3 Å². The molecule has 0 atom stereocenters. The van der Waals surface area contributed by atoms with Crippen molar-refractivity contribution in [2.45, 2.75) is 13.1 Å². The lowest BCUT2D eigenvalue weighted by Gasteiger charge is -2.27. The van der Waals surface area contributed by atoms with Crippen LogP contribution in [0.2, 0.25) is 4.34 Å². The normalized spacial score (nSPS) is 13.6. The highest BCUT2D eigenvalue weighted by Gasteiger charge is 2.23. The van der Waals surface area contributed by atoms with Gasteiger partial charge < -0.3 is 24.6 Å². The molecule has 0 bridgehead atoms. The summed E-state index contributed by atoms with van der Waals surface area (Å²) in [5.74, 6) is -0.928. The van der Waals surface area contributed by atoms with E-state index in [4.69, 9.17) is 16.3 Å². The number of hydrogen-bond acceptors (Lipinski definition) is 10. The molecular weight excluding hydrogens is 540 g/mol. The van der Waals surface area contributed by atoms with Crippen LogP contribution in [0.25, 0.3) is 11.3 Å². The third-order valence-corrected chi connectivity index (χ3v) is 7.51. The molecule has 1 amide bonds. The van der Waals surface area contributed by atoms with E-state index < -0.39 is 17.2 Å². The predicted octanol–water partition coefficient (Wildman–Crippen LogP) is 2.75. The van der Waals surface area contributed by atoms with Crippen molar-refractivity contribution in [2.24, 2.45) is 0 Å². The summed E-state index contributed by atoms with van der Waals surface area (Å²) in [5, 5.41) is 19.9. The van der Waals surface area contributed by atoms with Crippen LogP contribution in [0.3, 0.4) is 0 Å². The van der Waals surface area contributed by atoms with Crippen molar-refractivity contribution in [2.75, 3.05) is 31.6 Å². The number of aromatic hydroxyl groups is 1. The Morgan fingerprint density at radius 3 is 2.70 bits per heavy atom. The molecule has 4 aromatic heterocycles. The molecule has 1 aliphatic heterocycles. The summed E-state index contributed by atoms with van der Waals surface area (Å²) < 4.78 is 12.3. The van der Waals surface area contributed by atoms with Crippen molar-refractivity contribution in [1.29, 1.82) is 0 Å². The van der Waals surface area contributed by atoms with Crippen molar-refractivity contribution < 1.29 is 19.4 Å². The molecule has 192 valence electrons. The van der Waals surface area contributed by atoms with Crippen LogP contribution in [0.4, 0.5) is 5.82 Å². The van der Waals surface area contributed by atoms with Crippen molar-refractivity contribution in [1.82, 2.24) is 23.6 Å². The number of carbonyl (C=O) groups excluding carboxylic acids is 2. The SMILES string of the molecule is O=C(Cn1ccc(-c2cc(NCc3ccc(Cl)s3)n(C(=O)c3ccsn3)n2)c(O)c1=O)N1CCOCC1. The Hall–Kier alpha value is -3.52. The largest absolute Gasteiger partial charge is 0.503 e. The van der Waals surface area contributed by atoms with Crippen LogP contribution in [0, 0.1) is 0 Å². The molecule has 4 aromatic rings. The van der Waals surface area contributed by atoms with E-state index in [2.05, 4.69) is 14.8 Å². The van der Waals surface area contributed by atoms with Gasteiger partial charge in [0.25, 0.3) is 11.5 Å². The summed E-state index contributed by atoms with van der Waals surface area (Å²) in [4.78, 5) is 41.1. The molecule has 5 rings (SSSR count). The number of anilines is 1. The first-order chi connectivity index (χ1) is 17.9. The lowest BCUT2D eigenvalue weighted by Crippen LogP contribution is -2.43. The van der Waals surface area contributed by atoms with Gasteiger partial charge in [0.15, 0.2) is 5.75 Å². The monoisotopic (exact) mass is 560 g/mol. The Morgan fingerprint density at radius 1 is 1.19 bits per heavy atom. The molecule has 14 heteroatoms. The Morgan fingerprint density at radius 2 is 2.00 bits per heavy atom. The number of pyridine rings is 1. The van der Waals surface area contributed by atoms with Gasteiger partial charge in [-0.3, -0.25) is 14.4 Å². The highest BCUT2D eigenvalue weighted by Crippen LogP contribution is 2.29. The van der Waals surface area contributed by atoms with E-state index in [-0.39, 0.29) is 29.4 Å². The highest BCUT2D eigenvalue weighted by molar-refractivity contribution is 7.16. The number of morpholine rings is 1. The smallest absolute Gasteiger partial charge is 0.299 e. The lowest BCUT2D eigenvalue weighted by molar-refractivity contribution is -0.135. The molecule has 2 N–H and O–H groups in total. The van der Waals surface area contributed by atoms with E-state index in [0.717, 1.165) is 25.7 Å². The van der Waals surface area contributed by atoms with Crippen LogP contribution in [-0.4, -0.2) is 66.8 Å². The summed E-state index contributed by atoms with van der Waals surface area (Å²) >= 11 is 8.56. The fourth-order valence-electron chi connectivity index (χ4n) is 3.80. The fraction of sp³-hybridized carbons (Fsp3) is 0.261. The lowest BCUT2D eigenvalue weighted by atomic mass is 10.2. The van der Waals surface area contributed by atoms with Crippen LogP contribution >= 0.6 is 34.5 Å². The number of aromatic nitrogens is 4. The maximum absolute atomic E-state index is 13.1. The molecule has 0 saturated carbocycles. The van der Waals surface area contributed by atoms with Gasteiger partial charge in [-0.2, -0.15) is 14.2 Å². The maximum Gasteiger partial charge on any atom is 0.299 e. The number of ether oxygens (including phenoxy) is 1. The number of rotatable bonds is 7. The molecular formula is C23H21ClN6O5S2. The minimum absolute atomic E-state index is 0.132. The van der Waals surface area contributed by atoms with Crippen LogP contribution in [0.5, 0.6) is 5.75 Å². The second-order valence-electron chi connectivity index (χ2n) is 8.08. The number of nitrogens with one attached hydrogen (secondary N) is 1. The minimum atomic E-state index is -0.734. The molecule has 0 spiro atoms. The molecule has 0 unspecified atom stereocenters. The van der Waals surface area contributed by atoms with Crippen LogP contribution < -0.4 is 10.9 Å². The zero-order chi connectivity index (χ0) is 25.9. The molecule has 37 heavy (non-hydrogen) atoms. The average Bonchev–Trinajstić information content (AvgIpc) is 3.67. The summed E-state index contributed by atoms with van der Waals surface area (Å²) in [5.41, 5.74) is -0.186. The first-order valence-corrected chi connectivity index (χ1v) is 13.3. The van der Waals surface area contributed by atoms with E-state index in [1.165, 1.54) is 23.6 Å². The molecule has 0 aliphatic carbocycles. The summed E-state index contributed by atoms with van der Waals surface area (Å²) in [6.45, 7) is 1.97. The van der Waals surface area contributed by atoms with Gasteiger partial charge in [0.2, 0.25) is 5.91 Å². The number of amides is 1. The second kappa shape index (κ2) is 10.8. The van der Waals surface area contributed by atoms with Gasteiger partial charge in [0, 0.05) is 35.6 Å². The van der Waals surface area contributed by atoms with Gasteiger partial charge in [-0.25, -0.2) is 0 Å². The third-order valence-electron chi connectivity index (χ3n) is 5.72. The standard InChI is InChI=1S/C23H21ClN6O5S2/c24-18-2-1-14(37-18)12-25-19-11-17(26-30(19)22(33)16-4-10-36-27-16)15-3-5-29(23(34)21(15)32)13-20(31)28-6-8-35-9-7-28/h1-5,10-11,25,32H,6-9,12-13H2. The number of halogens is 1.